The van der Waals surface area contributed by atoms with E-state index in [0.29, 0.717) is 18.5 Å². The maximum atomic E-state index is 11.7. The summed E-state index contributed by atoms with van der Waals surface area (Å²) >= 11 is 0. The summed E-state index contributed by atoms with van der Waals surface area (Å²) in [6.45, 7) is 2.63. The Morgan fingerprint density at radius 2 is 2.13 bits per heavy atom. The molecule has 2 aliphatic rings. The number of carbonyl (C=O) groups is 1. The molecular weight excluding hydrogens is 192 g/mol. The van der Waals surface area contributed by atoms with Crippen molar-refractivity contribution in [2.45, 2.75) is 44.2 Å². The summed E-state index contributed by atoms with van der Waals surface area (Å²) in [5, 5.41) is 6.43. The van der Waals surface area contributed by atoms with Gasteiger partial charge in [0.1, 0.15) is 0 Å². The van der Waals surface area contributed by atoms with Crippen LogP contribution in [0, 0.1) is 0 Å². The Bertz CT molecular complexity index is 209. The fourth-order valence-corrected chi connectivity index (χ4v) is 2.28. The summed E-state index contributed by atoms with van der Waals surface area (Å²) in [5.74, 6) is 0.196. The number of nitrogens with one attached hydrogen (secondary N) is 2. The summed E-state index contributed by atoms with van der Waals surface area (Å²) in [7, 11) is 0. The lowest BCUT2D eigenvalue weighted by atomic mass is 10.1. The summed E-state index contributed by atoms with van der Waals surface area (Å²) in [6, 6.07) is 0.748. The lowest BCUT2D eigenvalue weighted by molar-refractivity contribution is -0.122. The molecule has 2 heterocycles. The minimum atomic E-state index is 0.196. The van der Waals surface area contributed by atoms with Crippen molar-refractivity contribution in [2.75, 3.05) is 19.8 Å². The quantitative estimate of drug-likeness (QED) is 0.713. The van der Waals surface area contributed by atoms with Gasteiger partial charge in [-0.1, -0.05) is 0 Å². The van der Waals surface area contributed by atoms with Crippen LogP contribution in [-0.4, -0.2) is 37.7 Å². The Hall–Kier alpha value is -0.610. The van der Waals surface area contributed by atoms with Crippen LogP contribution in [0.1, 0.15) is 32.1 Å². The SMILES string of the molecule is O=C(CC1CCCN1)NC1CCOCC1. The molecule has 0 aliphatic carbocycles. The molecule has 0 radical (unpaired) electrons. The van der Waals surface area contributed by atoms with Crippen molar-refractivity contribution >= 4 is 5.91 Å². The van der Waals surface area contributed by atoms with Crippen LogP contribution in [0.4, 0.5) is 0 Å². The van der Waals surface area contributed by atoms with Crippen molar-refractivity contribution in [2.24, 2.45) is 0 Å². The number of amides is 1. The molecule has 0 aromatic heterocycles. The zero-order chi connectivity index (χ0) is 10.5. The second-order valence-corrected chi connectivity index (χ2v) is 4.45. The predicted octanol–water partition coefficient (Wildman–Crippen LogP) is 0.424. The molecule has 2 N–H and O–H groups in total. The van der Waals surface area contributed by atoms with E-state index in [0.717, 1.165) is 39.0 Å². The van der Waals surface area contributed by atoms with E-state index in [-0.39, 0.29) is 5.91 Å². The lowest BCUT2D eigenvalue weighted by Crippen LogP contribution is -2.41. The molecule has 2 fully saturated rings. The first-order chi connectivity index (χ1) is 7.34. The lowest BCUT2D eigenvalue weighted by Gasteiger charge is -2.23. The predicted molar refractivity (Wildman–Crippen MR) is 57.6 cm³/mol. The van der Waals surface area contributed by atoms with Gasteiger partial charge in [-0.15, -0.1) is 0 Å². The van der Waals surface area contributed by atoms with Crippen LogP contribution in [0.15, 0.2) is 0 Å². The van der Waals surface area contributed by atoms with Crippen LogP contribution >= 0.6 is 0 Å². The van der Waals surface area contributed by atoms with Crippen molar-refractivity contribution in [1.29, 1.82) is 0 Å². The summed E-state index contributed by atoms with van der Waals surface area (Å²) in [5.41, 5.74) is 0. The average Bonchev–Trinajstić information content (AvgIpc) is 2.71. The number of hydrogen-bond acceptors (Lipinski definition) is 3. The first-order valence-corrected chi connectivity index (χ1v) is 5.95. The molecule has 2 aliphatic heterocycles. The highest BCUT2D eigenvalue weighted by molar-refractivity contribution is 5.76. The number of carbonyl (C=O) groups excluding carboxylic acids is 1. The standard InChI is InChI=1S/C11H20N2O2/c14-11(8-10-2-1-5-12-10)13-9-3-6-15-7-4-9/h9-10,12H,1-8H2,(H,13,14). The molecule has 1 unspecified atom stereocenters. The van der Waals surface area contributed by atoms with Gasteiger partial charge in [-0.25, -0.2) is 0 Å². The second-order valence-electron chi connectivity index (χ2n) is 4.45. The van der Waals surface area contributed by atoms with E-state index in [2.05, 4.69) is 10.6 Å². The molecule has 0 spiro atoms. The van der Waals surface area contributed by atoms with Crippen molar-refractivity contribution in [3.63, 3.8) is 0 Å². The van der Waals surface area contributed by atoms with Gasteiger partial charge in [-0.05, 0) is 32.2 Å². The van der Waals surface area contributed by atoms with Crippen LogP contribution in [0.3, 0.4) is 0 Å². The normalized spacial score (nSPS) is 27.9. The molecule has 0 bridgehead atoms. The Morgan fingerprint density at radius 1 is 1.33 bits per heavy atom. The molecule has 86 valence electrons. The van der Waals surface area contributed by atoms with Crippen molar-refractivity contribution in [3.8, 4) is 0 Å². The van der Waals surface area contributed by atoms with Crippen molar-refractivity contribution in [1.82, 2.24) is 10.6 Å². The number of rotatable bonds is 3. The fourth-order valence-electron chi connectivity index (χ4n) is 2.28. The highest BCUT2D eigenvalue weighted by Crippen LogP contribution is 2.10. The number of hydrogen-bond donors (Lipinski definition) is 2. The Morgan fingerprint density at radius 3 is 2.80 bits per heavy atom. The van der Waals surface area contributed by atoms with Gasteiger partial charge >= 0.3 is 0 Å². The van der Waals surface area contributed by atoms with Gasteiger partial charge in [-0.3, -0.25) is 4.79 Å². The third kappa shape index (κ3) is 3.47. The average molecular weight is 212 g/mol. The summed E-state index contributed by atoms with van der Waals surface area (Å²) < 4.78 is 5.25. The first-order valence-electron chi connectivity index (χ1n) is 5.95. The van der Waals surface area contributed by atoms with Gasteiger partial charge in [0.25, 0.3) is 0 Å². The monoisotopic (exact) mass is 212 g/mol. The van der Waals surface area contributed by atoms with Crippen LogP contribution in [0.2, 0.25) is 0 Å². The van der Waals surface area contributed by atoms with E-state index >= 15 is 0 Å². The molecule has 2 rings (SSSR count). The van der Waals surface area contributed by atoms with E-state index in [9.17, 15) is 4.79 Å². The van der Waals surface area contributed by atoms with E-state index < -0.39 is 0 Å². The van der Waals surface area contributed by atoms with Crippen molar-refractivity contribution in [3.05, 3.63) is 0 Å². The minimum Gasteiger partial charge on any atom is -0.381 e. The van der Waals surface area contributed by atoms with Crippen LogP contribution in [-0.2, 0) is 9.53 Å². The Labute approximate surface area is 90.8 Å². The van der Waals surface area contributed by atoms with Gasteiger partial charge < -0.3 is 15.4 Å². The molecule has 15 heavy (non-hydrogen) atoms. The molecule has 2 saturated heterocycles. The zero-order valence-corrected chi connectivity index (χ0v) is 9.13. The van der Waals surface area contributed by atoms with Gasteiger partial charge in [0.2, 0.25) is 5.91 Å². The molecule has 4 heteroatoms. The summed E-state index contributed by atoms with van der Waals surface area (Å²) in [4.78, 5) is 11.7. The molecule has 0 aromatic carbocycles. The van der Waals surface area contributed by atoms with Gasteiger partial charge in [0.15, 0.2) is 0 Å². The van der Waals surface area contributed by atoms with E-state index in [4.69, 9.17) is 4.74 Å². The van der Waals surface area contributed by atoms with E-state index in [1.807, 2.05) is 0 Å². The zero-order valence-electron chi connectivity index (χ0n) is 9.13. The number of ether oxygens (including phenoxy) is 1. The van der Waals surface area contributed by atoms with E-state index in [1.165, 1.54) is 6.42 Å². The molecule has 1 atom stereocenters. The Balaban J connectivity index is 1.66. The smallest absolute Gasteiger partial charge is 0.221 e. The molecule has 4 nitrogen and oxygen atoms in total. The molecule has 0 aromatic rings. The highest BCUT2D eigenvalue weighted by atomic mass is 16.5. The van der Waals surface area contributed by atoms with Gasteiger partial charge in [-0.2, -0.15) is 0 Å². The third-order valence-electron chi connectivity index (χ3n) is 3.18. The van der Waals surface area contributed by atoms with Gasteiger partial charge in [0.05, 0.1) is 0 Å². The van der Waals surface area contributed by atoms with Gasteiger partial charge in [0, 0.05) is 31.7 Å². The van der Waals surface area contributed by atoms with Crippen molar-refractivity contribution < 1.29 is 9.53 Å². The molecular formula is C11H20N2O2. The summed E-state index contributed by atoms with van der Waals surface area (Å²) in [6.07, 6.45) is 4.90. The largest absolute Gasteiger partial charge is 0.381 e. The van der Waals surface area contributed by atoms with E-state index in [1.54, 1.807) is 0 Å². The van der Waals surface area contributed by atoms with Crippen LogP contribution in [0.25, 0.3) is 0 Å². The maximum absolute atomic E-state index is 11.7. The van der Waals surface area contributed by atoms with Crippen LogP contribution < -0.4 is 10.6 Å². The maximum Gasteiger partial charge on any atom is 0.221 e. The molecule has 1 amide bonds. The fraction of sp³-hybridized carbons (Fsp3) is 0.909. The van der Waals surface area contributed by atoms with Crippen LogP contribution in [0.5, 0.6) is 0 Å². The third-order valence-corrected chi connectivity index (χ3v) is 3.18. The second kappa shape index (κ2) is 5.47. The topological polar surface area (TPSA) is 50.4 Å². The first kappa shape index (κ1) is 10.9. The molecule has 0 saturated carbocycles. The highest BCUT2D eigenvalue weighted by Gasteiger charge is 2.20. The minimum absolute atomic E-state index is 0.196. The Kier molecular flexibility index (Phi) is 3.97.